The fourth-order valence-electron chi connectivity index (χ4n) is 3.99. The molecule has 10 nitrogen and oxygen atoms in total. The van der Waals surface area contributed by atoms with Crippen molar-refractivity contribution in [2.24, 2.45) is 0 Å². The lowest BCUT2D eigenvalue weighted by atomic mass is 10.1. The van der Waals surface area contributed by atoms with E-state index in [2.05, 4.69) is 43.2 Å². The highest BCUT2D eigenvalue weighted by Crippen LogP contribution is 2.39. The Bertz CT molecular complexity index is 1550. The second kappa shape index (κ2) is 8.79. The summed E-state index contributed by atoms with van der Waals surface area (Å²) in [5.74, 6) is 0.321. The first-order valence-corrected chi connectivity index (χ1v) is 11.8. The number of imidazole rings is 1. The minimum atomic E-state index is -0.358. The molecular formula is C23H19Cl2N9O. The second-order valence-electron chi connectivity index (χ2n) is 8.48. The SMILES string of the molecule is O=C(NCc1cc(Cl)ccc1-n1cc(Cl)nn1)c1cn(Cc2cn3cc(C4CC4)ccc3n2)nn1. The van der Waals surface area contributed by atoms with Crippen LogP contribution in [0.2, 0.25) is 10.2 Å². The van der Waals surface area contributed by atoms with E-state index in [9.17, 15) is 4.79 Å². The second-order valence-corrected chi connectivity index (χ2v) is 9.30. The highest BCUT2D eigenvalue weighted by molar-refractivity contribution is 6.30. The van der Waals surface area contributed by atoms with E-state index in [1.165, 1.54) is 23.1 Å². The number of nitrogens with one attached hydrogen (secondary N) is 1. The summed E-state index contributed by atoms with van der Waals surface area (Å²) in [7, 11) is 0. The first-order valence-electron chi connectivity index (χ1n) is 11.0. The normalized spacial score (nSPS) is 13.4. The molecule has 176 valence electrons. The Hall–Kier alpha value is -3.76. The number of aromatic nitrogens is 8. The Morgan fingerprint density at radius 2 is 1.91 bits per heavy atom. The van der Waals surface area contributed by atoms with Crippen molar-refractivity contribution in [3.63, 3.8) is 0 Å². The fraction of sp³-hybridized carbons (Fsp3) is 0.217. The monoisotopic (exact) mass is 507 g/mol. The maximum Gasteiger partial charge on any atom is 0.273 e. The zero-order valence-corrected chi connectivity index (χ0v) is 19.9. The van der Waals surface area contributed by atoms with Gasteiger partial charge in [0.2, 0.25) is 0 Å². The van der Waals surface area contributed by atoms with Gasteiger partial charge in [-0.25, -0.2) is 14.3 Å². The van der Waals surface area contributed by atoms with Crippen molar-refractivity contribution in [3.8, 4) is 5.69 Å². The molecule has 0 radical (unpaired) electrons. The Morgan fingerprint density at radius 3 is 2.71 bits per heavy atom. The number of hydrogen-bond donors (Lipinski definition) is 1. The molecule has 1 aromatic carbocycles. The van der Waals surface area contributed by atoms with Crippen LogP contribution >= 0.6 is 23.2 Å². The van der Waals surface area contributed by atoms with Gasteiger partial charge in [0.1, 0.15) is 5.65 Å². The molecule has 1 saturated carbocycles. The number of halogens is 2. The van der Waals surface area contributed by atoms with Gasteiger partial charge < -0.3 is 9.72 Å². The minimum Gasteiger partial charge on any atom is -0.346 e. The summed E-state index contributed by atoms with van der Waals surface area (Å²) < 4.78 is 5.16. The van der Waals surface area contributed by atoms with Gasteiger partial charge in [-0.15, -0.1) is 10.2 Å². The summed E-state index contributed by atoms with van der Waals surface area (Å²) in [6, 6.07) is 9.45. The topological polar surface area (TPSA) is 108 Å². The molecule has 1 N–H and O–H groups in total. The highest BCUT2D eigenvalue weighted by Gasteiger charge is 2.23. The number of nitrogens with zero attached hydrogens (tertiary/aromatic N) is 8. The van der Waals surface area contributed by atoms with Gasteiger partial charge in [0.15, 0.2) is 10.8 Å². The zero-order valence-electron chi connectivity index (χ0n) is 18.3. The Kier molecular flexibility index (Phi) is 5.46. The fourth-order valence-corrected chi connectivity index (χ4v) is 4.31. The number of amides is 1. The molecule has 0 aliphatic heterocycles. The number of pyridine rings is 1. The van der Waals surface area contributed by atoms with E-state index >= 15 is 0 Å². The minimum absolute atomic E-state index is 0.203. The molecule has 5 aromatic rings. The third-order valence-corrected chi connectivity index (χ3v) is 6.27. The number of carbonyl (C=O) groups excluding carboxylic acids is 1. The number of benzene rings is 1. The van der Waals surface area contributed by atoms with E-state index in [-0.39, 0.29) is 23.3 Å². The van der Waals surface area contributed by atoms with Gasteiger partial charge in [0, 0.05) is 24.0 Å². The van der Waals surface area contributed by atoms with Crippen LogP contribution in [0.15, 0.2) is 55.1 Å². The largest absolute Gasteiger partial charge is 0.346 e. The van der Waals surface area contributed by atoms with Crippen molar-refractivity contribution >= 4 is 34.8 Å². The summed E-state index contributed by atoms with van der Waals surface area (Å²) in [6.45, 7) is 0.612. The van der Waals surface area contributed by atoms with Crippen LogP contribution in [0.1, 0.15) is 46.1 Å². The van der Waals surface area contributed by atoms with Crippen molar-refractivity contribution in [2.45, 2.75) is 31.8 Å². The molecule has 4 aromatic heterocycles. The van der Waals surface area contributed by atoms with Crippen LogP contribution in [-0.2, 0) is 13.1 Å². The molecule has 0 unspecified atom stereocenters. The van der Waals surface area contributed by atoms with Gasteiger partial charge >= 0.3 is 0 Å². The van der Waals surface area contributed by atoms with Crippen LogP contribution in [0.5, 0.6) is 0 Å². The summed E-state index contributed by atoms with van der Waals surface area (Å²) >= 11 is 12.1. The maximum absolute atomic E-state index is 12.7. The van der Waals surface area contributed by atoms with Crippen LogP contribution in [0, 0.1) is 0 Å². The van der Waals surface area contributed by atoms with Gasteiger partial charge in [0.25, 0.3) is 5.91 Å². The zero-order chi connectivity index (χ0) is 23.9. The predicted octanol–water partition coefficient (Wildman–Crippen LogP) is 3.67. The van der Waals surface area contributed by atoms with Gasteiger partial charge in [-0.05, 0) is 54.2 Å². The third kappa shape index (κ3) is 4.62. The van der Waals surface area contributed by atoms with Crippen molar-refractivity contribution in [1.29, 1.82) is 0 Å². The summed E-state index contributed by atoms with van der Waals surface area (Å²) in [5.41, 5.74) is 4.72. The molecule has 1 amide bonds. The van der Waals surface area contributed by atoms with Crippen LogP contribution < -0.4 is 5.32 Å². The molecule has 12 heteroatoms. The van der Waals surface area contributed by atoms with E-state index in [4.69, 9.17) is 23.2 Å². The lowest BCUT2D eigenvalue weighted by Gasteiger charge is -2.10. The lowest BCUT2D eigenvalue weighted by Crippen LogP contribution is -2.24. The van der Waals surface area contributed by atoms with Crippen LogP contribution in [-0.4, -0.2) is 45.3 Å². The van der Waals surface area contributed by atoms with Crippen LogP contribution in [0.4, 0.5) is 0 Å². The first-order chi connectivity index (χ1) is 17.0. The van der Waals surface area contributed by atoms with E-state index < -0.39 is 0 Å². The van der Waals surface area contributed by atoms with E-state index in [0.717, 1.165) is 16.9 Å². The van der Waals surface area contributed by atoms with Crippen molar-refractivity contribution in [3.05, 3.63) is 87.8 Å². The lowest BCUT2D eigenvalue weighted by molar-refractivity contribution is 0.0946. The Morgan fingerprint density at radius 1 is 1.03 bits per heavy atom. The van der Waals surface area contributed by atoms with Crippen molar-refractivity contribution < 1.29 is 4.79 Å². The van der Waals surface area contributed by atoms with Gasteiger partial charge in [0.05, 0.1) is 30.3 Å². The number of carbonyl (C=O) groups is 1. The molecule has 0 saturated heterocycles. The van der Waals surface area contributed by atoms with E-state index in [1.54, 1.807) is 35.3 Å². The molecule has 4 heterocycles. The van der Waals surface area contributed by atoms with Crippen molar-refractivity contribution in [1.82, 2.24) is 44.7 Å². The molecular weight excluding hydrogens is 489 g/mol. The average molecular weight is 508 g/mol. The molecule has 1 aliphatic rings. The molecule has 0 bridgehead atoms. The molecule has 6 rings (SSSR count). The number of hydrogen-bond acceptors (Lipinski definition) is 6. The Labute approximate surface area is 209 Å². The van der Waals surface area contributed by atoms with Gasteiger partial charge in [-0.2, -0.15) is 0 Å². The maximum atomic E-state index is 12.7. The van der Waals surface area contributed by atoms with E-state index in [0.29, 0.717) is 23.2 Å². The number of fused-ring (bicyclic) bond motifs is 1. The Balaban J connectivity index is 1.14. The van der Waals surface area contributed by atoms with Gasteiger partial charge in [-0.3, -0.25) is 4.79 Å². The third-order valence-electron chi connectivity index (χ3n) is 5.86. The highest BCUT2D eigenvalue weighted by atomic mass is 35.5. The molecule has 0 spiro atoms. The van der Waals surface area contributed by atoms with Gasteiger partial charge in [-0.1, -0.05) is 39.7 Å². The summed E-state index contributed by atoms with van der Waals surface area (Å²) in [5, 5.41) is 19.5. The molecule has 1 fully saturated rings. The summed E-state index contributed by atoms with van der Waals surface area (Å²) in [6.07, 6.45) is 9.81. The molecule has 35 heavy (non-hydrogen) atoms. The first kappa shape index (κ1) is 21.8. The van der Waals surface area contributed by atoms with Crippen LogP contribution in [0.3, 0.4) is 0 Å². The predicted molar refractivity (Wildman–Crippen MR) is 129 cm³/mol. The van der Waals surface area contributed by atoms with Crippen LogP contribution in [0.25, 0.3) is 11.3 Å². The van der Waals surface area contributed by atoms with Crippen molar-refractivity contribution in [2.75, 3.05) is 0 Å². The average Bonchev–Trinajstić information content (AvgIpc) is 3.23. The number of rotatable bonds is 7. The molecule has 0 atom stereocenters. The smallest absolute Gasteiger partial charge is 0.273 e. The van der Waals surface area contributed by atoms with E-state index in [1.807, 2.05) is 16.7 Å². The molecule has 1 aliphatic carbocycles. The quantitative estimate of drug-likeness (QED) is 0.360. The summed E-state index contributed by atoms with van der Waals surface area (Å²) in [4.78, 5) is 17.4. The standard InChI is InChI=1S/C23H19Cl2N9O/c24-17-4-5-20(34-13-21(25)29-31-34)16(7-17)8-26-23(35)19-12-33(30-28-19)11-18-10-32-9-15(14-1-2-14)3-6-22(32)27-18/h3-7,9-10,12-14H,1-2,8,11H2,(H,26,35).